The van der Waals surface area contributed by atoms with Crippen LogP contribution in [-0.4, -0.2) is 54.6 Å². The normalized spacial score (nSPS) is 19.3. The van der Waals surface area contributed by atoms with Crippen LogP contribution in [0.15, 0.2) is 48.8 Å². The fourth-order valence-electron chi connectivity index (χ4n) is 4.85. The van der Waals surface area contributed by atoms with Crippen LogP contribution in [0.5, 0.6) is 0 Å². The number of fused-ring (bicyclic) bond motifs is 3. The van der Waals surface area contributed by atoms with Gasteiger partial charge in [-0.15, -0.1) is 0 Å². The molecule has 4 heterocycles. The van der Waals surface area contributed by atoms with Crippen LogP contribution >= 0.6 is 0 Å². The van der Waals surface area contributed by atoms with Crippen molar-refractivity contribution in [1.82, 2.24) is 24.6 Å². The van der Waals surface area contributed by atoms with Crippen LogP contribution in [0.4, 0.5) is 11.5 Å². The average molecular weight is 488 g/mol. The first-order valence-corrected chi connectivity index (χ1v) is 12.0. The van der Waals surface area contributed by atoms with E-state index in [0.717, 1.165) is 5.69 Å². The summed E-state index contributed by atoms with van der Waals surface area (Å²) in [6, 6.07) is 10.7. The largest absolute Gasteiger partial charge is 0.315 e. The predicted molar refractivity (Wildman–Crippen MR) is 134 cm³/mol. The molecule has 3 aromatic rings. The van der Waals surface area contributed by atoms with Gasteiger partial charge in [-0.2, -0.15) is 9.78 Å². The van der Waals surface area contributed by atoms with Gasteiger partial charge < -0.3 is 10.2 Å². The zero-order chi connectivity index (χ0) is 25.7. The minimum atomic E-state index is -0.804. The summed E-state index contributed by atoms with van der Waals surface area (Å²) in [4.78, 5) is 51.2. The van der Waals surface area contributed by atoms with E-state index < -0.39 is 5.66 Å². The van der Waals surface area contributed by atoms with Gasteiger partial charge in [0.25, 0.3) is 11.9 Å². The van der Waals surface area contributed by atoms with Gasteiger partial charge in [0.15, 0.2) is 0 Å². The molecule has 2 aliphatic rings. The fraction of sp³-hybridized carbons (Fsp3) is 0.385. The van der Waals surface area contributed by atoms with Gasteiger partial charge in [0.2, 0.25) is 11.8 Å². The highest BCUT2D eigenvalue weighted by atomic mass is 16.2. The number of benzene rings is 1. The maximum atomic E-state index is 13.4. The molecule has 5 rings (SSSR count). The minimum Gasteiger partial charge on any atom is -0.315 e. The van der Waals surface area contributed by atoms with Crippen LogP contribution in [0.2, 0.25) is 0 Å². The van der Waals surface area contributed by atoms with Crippen molar-refractivity contribution in [3.05, 3.63) is 60.0 Å². The van der Waals surface area contributed by atoms with Crippen LogP contribution in [0.1, 0.15) is 63.0 Å². The predicted octanol–water partition coefficient (Wildman–Crippen LogP) is 3.29. The molecule has 3 amide bonds. The van der Waals surface area contributed by atoms with E-state index in [1.54, 1.807) is 46.5 Å². The number of anilines is 2. The van der Waals surface area contributed by atoms with E-state index in [4.69, 9.17) is 0 Å². The Morgan fingerprint density at radius 2 is 1.83 bits per heavy atom. The molecular weight excluding hydrogens is 458 g/mol. The molecule has 10 heteroatoms. The number of hydrogen-bond donors (Lipinski definition) is 1. The molecule has 1 unspecified atom stereocenters. The Morgan fingerprint density at radius 1 is 1.11 bits per heavy atom. The third-order valence-corrected chi connectivity index (χ3v) is 6.79. The van der Waals surface area contributed by atoms with Crippen LogP contribution < -0.4 is 10.2 Å². The highest BCUT2D eigenvalue weighted by Gasteiger charge is 2.52. The Hall–Kier alpha value is -4.08. The van der Waals surface area contributed by atoms with Gasteiger partial charge >= 0.3 is 0 Å². The number of nitrogens with zero attached hydrogens (tertiary/aromatic N) is 6. The molecule has 1 N–H and O–H groups in total. The Balaban J connectivity index is 1.38. The molecule has 0 bridgehead atoms. The third kappa shape index (κ3) is 3.92. The number of carbonyl (C=O) groups is 3. The van der Waals surface area contributed by atoms with Gasteiger partial charge in [0.1, 0.15) is 11.5 Å². The first-order chi connectivity index (χ1) is 17.1. The molecule has 36 heavy (non-hydrogen) atoms. The van der Waals surface area contributed by atoms with Gasteiger partial charge in [-0.05, 0) is 31.5 Å². The molecule has 1 aromatic carbocycles. The second kappa shape index (κ2) is 8.54. The van der Waals surface area contributed by atoms with Gasteiger partial charge in [0.05, 0.1) is 16.9 Å². The van der Waals surface area contributed by atoms with Crippen molar-refractivity contribution in [2.75, 3.05) is 16.8 Å². The van der Waals surface area contributed by atoms with Crippen LogP contribution in [0, 0.1) is 0 Å². The van der Waals surface area contributed by atoms with Gasteiger partial charge in [-0.25, -0.2) is 9.97 Å². The zero-order valence-electron chi connectivity index (χ0n) is 20.9. The van der Waals surface area contributed by atoms with E-state index in [-0.39, 0.29) is 36.1 Å². The Labute approximate surface area is 209 Å². The SMILES string of the molecule is CC(C)(C)c1cc(NC(=O)CCN2C(=O)c3ccccc3N3C(=O)CCC23C)n(-c2ncccn2)n1. The van der Waals surface area contributed by atoms with Crippen molar-refractivity contribution in [2.45, 2.75) is 58.0 Å². The van der Waals surface area contributed by atoms with E-state index in [1.807, 2.05) is 39.8 Å². The van der Waals surface area contributed by atoms with Gasteiger partial charge in [0, 0.05) is 43.3 Å². The molecule has 0 spiro atoms. The lowest BCUT2D eigenvalue weighted by Crippen LogP contribution is -2.62. The summed E-state index contributed by atoms with van der Waals surface area (Å²) >= 11 is 0. The van der Waals surface area contributed by atoms with Crippen molar-refractivity contribution in [2.24, 2.45) is 0 Å². The third-order valence-electron chi connectivity index (χ3n) is 6.79. The molecule has 186 valence electrons. The quantitative estimate of drug-likeness (QED) is 0.591. The van der Waals surface area contributed by atoms with Crippen LogP contribution in [0.25, 0.3) is 5.95 Å². The fourth-order valence-corrected chi connectivity index (χ4v) is 4.85. The highest BCUT2D eigenvalue weighted by molar-refractivity contribution is 6.10. The number of amides is 3. The molecule has 0 radical (unpaired) electrons. The standard InChI is InChI=1S/C26H29N7O3/c1-25(2,3)19-16-20(33(30-19)24-27-13-7-14-28-24)29-21(34)11-15-31-23(36)17-8-5-6-9-18(17)32-22(35)10-12-26(31,32)4/h5-9,13-14,16H,10-12,15H2,1-4H3,(H,29,34). The Kier molecular flexibility index (Phi) is 5.61. The number of rotatable bonds is 5. The summed E-state index contributed by atoms with van der Waals surface area (Å²) in [5.74, 6) is 0.325. The molecule has 1 fully saturated rings. The summed E-state index contributed by atoms with van der Waals surface area (Å²) in [7, 11) is 0. The maximum Gasteiger partial charge on any atom is 0.257 e. The van der Waals surface area contributed by atoms with Crippen molar-refractivity contribution in [1.29, 1.82) is 0 Å². The molecule has 2 aliphatic heterocycles. The lowest BCUT2D eigenvalue weighted by atomic mass is 9.92. The Bertz CT molecular complexity index is 1350. The van der Waals surface area contributed by atoms with E-state index >= 15 is 0 Å². The number of para-hydroxylation sites is 1. The van der Waals surface area contributed by atoms with Crippen LogP contribution in [-0.2, 0) is 15.0 Å². The summed E-state index contributed by atoms with van der Waals surface area (Å²) in [6.07, 6.45) is 4.15. The molecule has 10 nitrogen and oxygen atoms in total. The monoisotopic (exact) mass is 487 g/mol. The second-order valence-corrected chi connectivity index (χ2v) is 10.3. The number of hydrogen-bond acceptors (Lipinski definition) is 6. The van der Waals surface area contributed by atoms with Gasteiger partial charge in [-0.1, -0.05) is 32.9 Å². The summed E-state index contributed by atoms with van der Waals surface area (Å²) in [6.45, 7) is 8.16. The topological polar surface area (TPSA) is 113 Å². The molecular formula is C26H29N7O3. The van der Waals surface area contributed by atoms with Gasteiger partial charge in [-0.3, -0.25) is 19.3 Å². The first-order valence-electron chi connectivity index (χ1n) is 12.0. The van der Waals surface area contributed by atoms with E-state index in [9.17, 15) is 14.4 Å². The second-order valence-electron chi connectivity index (χ2n) is 10.3. The van der Waals surface area contributed by atoms with E-state index in [0.29, 0.717) is 35.9 Å². The lowest BCUT2D eigenvalue weighted by Gasteiger charge is -2.48. The minimum absolute atomic E-state index is 0.0200. The average Bonchev–Trinajstić information content (AvgIpc) is 3.40. The zero-order valence-corrected chi connectivity index (χ0v) is 20.9. The molecule has 2 aromatic heterocycles. The van der Waals surface area contributed by atoms with Crippen molar-refractivity contribution in [3.8, 4) is 5.95 Å². The van der Waals surface area contributed by atoms with Crippen LogP contribution in [0.3, 0.4) is 0 Å². The smallest absolute Gasteiger partial charge is 0.257 e. The summed E-state index contributed by atoms with van der Waals surface area (Å²) in [5, 5.41) is 7.54. The van der Waals surface area contributed by atoms with Crippen molar-refractivity contribution in [3.63, 3.8) is 0 Å². The molecule has 1 saturated heterocycles. The lowest BCUT2D eigenvalue weighted by molar-refractivity contribution is -0.117. The number of carbonyl (C=O) groups excluding carboxylic acids is 3. The van der Waals surface area contributed by atoms with Crippen molar-refractivity contribution < 1.29 is 14.4 Å². The Morgan fingerprint density at radius 3 is 2.56 bits per heavy atom. The maximum absolute atomic E-state index is 13.4. The first kappa shape index (κ1) is 23.7. The summed E-state index contributed by atoms with van der Waals surface area (Å²) < 4.78 is 1.51. The molecule has 0 aliphatic carbocycles. The molecule has 0 saturated carbocycles. The van der Waals surface area contributed by atoms with E-state index in [2.05, 4.69) is 20.4 Å². The number of aromatic nitrogens is 4. The number of nitrogens with one attached hydrogen (secondary N) is 1. The molecule has 1 atom stereocenters. The highest BCUT2D eigenvalue weighted by Crippen LogP contribution is 2.44. The summed E-state index contributed by atoms with van der Waals surface area (Å²) in [5.41, 5.74) is 0.831. The van der Waals surface area contributed by atoms with Crippen molar-refractivity contribution >= 4 is 29.2 Å². The van der Waals surface area contributed by atoms with E-state index in [1.165, 1.54) is 4.68 Å².